The van der Waals surface area contributed by atoms with Gasteiger partial charge in [-0.1, -0.05) is 42.5 Å². The molecule has 2 atom stereocenters. The van der Waals surface area contributed by atoms with E-state index in [1.54, 1.807) is 0 Å². The highest BCUT2D eigenvalue weighted by Crippen LogP contribution is 2.40. The van der Waals surface area contributed by atoms with Gasteiger partial charge in [0.05, 0.1) is 6.61 Å². The predicted octanol–water partition coefficient (Wildman–Crippen LogP) is 3.63. The Morgan fingerprint density at radius 2 is 1.96 bits per heavy atom. The molecule has 3 rings (SSSR count). The van der Waals surface area contributed by atoms with Crippen molar-refractivity contribution in [1.82, 2.24) is 10.6 Å². The molecule has 2 unspecified atom stereocenters. The van der Waals surface area contributed by atoms with Crippen molar-refractivity contribution in [2.45, 2.75) is 38.8 Å². The van der Waals surface area contributed by atoms with Crippen molar-refractivity contribution in [1.29, 1.82) is 0 Å². The average Bonchev–Trinajstić information content (AvgIpc) is 3.49. The van der Waals surface area contributed by atoms with Gasteiger partial charge in [-0.3, -0.25) is 4.99 Å². The van der Waals surface area contributed by atoms with Crippen LogP contribution in [-0.2, 0) is 11.3 Å². The summed E-state index contributed by atoms with van der Waals surface area (Å²) in [6.45, 7) is 6.58. The first-order chi connectivity index (χ1) is 13.7. The van der Waals surface area contributed by atoms with Gasteiger partial charge in [-0.15, -0.1) is 0 Å². The van der Waals surface area contributed by atoms with Crippen molar-refractivity contribution < 1.29 is 9.47 Å². The molecular weight excluding hydrogens is 350 g/mol. The predicted molar refractivity (Wildman–Crippen MR) is 114 cm³/mol. The first-order valence-corrected chi connectivity index (χ1v) is 10.0. The number of hydrogen-bond acceptors (Lipinski definition) is 3. The van der Waals surface area contributed by atoms with Crippen LogP contribution in [0.1, 0.15) is 36.0 Å². The van der Waals surface area contributed by atoms with Crippen molar-refractivity contribution in [2.24, 2.45) is 4.99 Å². The lowest BCUT2D eigenvalue weighted by Gasteiger charge is -2.15. The quantitative estimate of drug-likeness (QED) is 0.396. The second-order valence-electron chi connectivity index (χ2n) is 7.09. The van der Waals surface area contributed by atoms with E-state index < -0.39 is 0 Å². The number of benzene rings is 2. The zero-order valence-corrected chi connectivity index (χ0v) is 17.1. The van der Waals surface area contributed by atoms with Crippen LogP contribution in [-0.4, -0.2) is 38.9 Å². The van der Waals surface area contributed by atoms with E-state index in [0.717, 1.165) is 23.7 Å². The molecule has 2 N–H and O–H groups in total. The van der Waals surface area contributed by atoms with Crippen LogP contribution in [0, 0.1) is 6.92 Å². The topological polar surface area (TPSA) is 54.9 Å². The number of nitrogens with zero attached hydrogens (tertiary/aromatic N) is 1. The fourth-order valence-electron chi connectivity index (χ4n) is 3.27. The lowest BCUT2D eigenvalue weighted by molar-refractivity contribution is 0.110. The summed E-state index contributed by atoms with van der Waals surface area (Å²) < 4.78 is 11.3. The van der Waals surface area contributed by atoms with E-state index in [9.17, 15) is 0 Å². The molecule has 2 aromatic carbocycles. The second kappa shape index (κ2) is 10.1. The van der Waals surface area contributed by atoms with Crippen molar-refractivity contribution >= 4 is 5.96 Å². The largest absolute Gasteiger partial charge is 0.491 e. The Balaban J connectivity index is 1.52. The molecule has 5 heteroatoms. The normalized spacial score (nSPS) is 18.6. The second-order valence-corrected chi connectivity index (χ2v) is 7.09. The number of aryl methyl sites for hydroxylation is 1. The third kappa shape index (κ3) is 5.73. The van der Waals surface area contributed by atoms with Gasteiger partial charge in [0.15, 0.2) is 5.96 Å². The minimum Gasteiger partial charge on any atom is -0.491 e. The van der Waals surface area contributed by atoms with E-state index in [1.807, 2.05) is 14.0 Å². The lowest BCUT2D eigenvalue weighted by atomic mass is 10.1. The molecule has 0 bridgehead atoms. The molecule has 1 saturated carbocycles. The highest BCUT2D eigenvalue weighted by Gasteiger charge is 2.38. The summed E-state index contributed by atoms with van der Waals surface area (Å²) in [6, 6.07) is 17.4. The molecule has 150 valence electrons. The molecular formula is C23H31N3O2. The Labute approximate surface area is 168 Å². The van der Waals surface area contributed by atoms with Crippen LogP contribution >= 0.6 is 0 Å². The SMILES string of the molecule is CCOCCOc1cc(C)ccc1CNC(=NC)NC1CC1c1ccccc1. The van der Waals surface area contributed by atoms with Gasteiger partial charge in [-0.05, 0) is 37.5 Å². The zero-order chi connectivity index (χ0) is 19.8. The van der Waals surface area contributed by atoms with Crippen LogP contribution in [0.2, 0.25) is 0 Å². The maximum atomic E-state index is 5.93. The van der Waals surface area contributed by atoms with Crippen LogP contribution in [0.15, 0.2) is 53.5 Å². The fraction of sp³-hybridized carbons (Fsp3) is 0.435. The lowest BCUT2D eigenvalue weighted by Crippen LogP contribution is -2.38. The summed E-state index contributed by atoms with van der Waals surface area (Å²) >= 11 is 0. The molecule has 1 aliphatic carbocycles. The highest BCUT2D eigenvalue weighted by atomic mass is 16.5. The van der Waals surface area contributed by atoms with Crippen LogP contribution in [0.4, 0.5) is 0 Å². The third-order valence-corrected chi connectivity index (χ3v) is 4.92. The Morgan fingerprint density at radius 1 is 1.14 bits per heavy atom. The summed E-state index contributed by atoms with van der Waals surface area (Å²) in [5.41, 5.74) is 3.68. The van der Waals surface area contributed by atoms with Crippen LogP contribution < -0.4 is 15.4 Å². The summed E-state index contributed by atoms with van der Waals surface area (Å²) in [5, 5.41) is 6.95. The summed E-state index contributed by atoms with van der Waals surface area (Å²) in [7, 11) is 1.81. The Kier molecular flexibility index (Phi) is 7.31. The number of guanidine groups is 1. The summed E-state index contributed by atoms with van der Waals surface area (Å²) in [4.78, 5) is 4.38. The van der Waals surface area contributed by atoms with Gasteiger partial charge < -0.3 is 20.1 Å². The molecule has 0 radical (unpaired) electrons. The van der Waals surface area contributed by atoms with E-state index >= 15 is 0 Å². The Hall–Kier alpha value is -2.53. The number of hydrogen-bond donors (Lipinski definition) is 2. The molecule has 1 aliphatic rings. The molecule has 0 amide bonds. The van der Waals surface area contributed by atoms with Gasteiger partial charge in [0.2, 0.25) is 0 Å². The van der Waals surface area contributed by atoms with E-state index in [4.69, 9.17) is 9.47 Å². The molecule has 5 nitrogen and oxygen atoms in total. The molecule has 0 saturated heterocycles. The smallest absolute Gasteiger partial charge is 0.191 e. The first-order valence-electron chi connectivity index (χ1n) is 10.0. The Morgan fingerprint density at radius 3 is 2.71 bits per heavy atom. The molecule has 2 aromatic rings. The monoisotopic (exact) mass is 381 g/mol. The van der Waals surface area contributed by atoms with Crippen molar-refractivity contribution in [3.8, 4) is 5.75 Å². The molecule has 0 heterocycles. The van der Waals surface area contributed by atoms with Gasteiger partial charge in [0.1, 0.15) is 12.4 Å². The van der Waals surface area contributed by atoms with Gasteiger partial charge in [-0.25, -0.2) is 0 Å². The van der Waals surface area contributed by atoms with Crippen molar-refractivity contribution in [2.75, 3.05) is 26.9 Å². The molecule has 0 spiro atoms. The maximum Gasteiger partial charge on any atom is 0.191 e. The highest BCUT2D eigenvalue weighted by molar-refractivity contribution is 5.80. The van der Waals surface area contributed by atoms with Gasteiger partial charge in [-0.2, -0.15) is 0 Å². The zero-order valence-electron chi connectivity index (χ0n) is 17.1. The van der Waals surface area contributed by atoms with Crippen molar-refractivity contribution in [3.63, 3.8) is 0 Å². The molecule has 28 heavy (non-hydrogen) atoms. The number of rotatable bonds is 9. The van der Waals surface area contributed by atoms with E-state index in [2.05, 4.69) is 71.1 Å². The van der Waals surface area contributed by atoms with Crippen molar-refractivity contribution in [3.05, 3.63) is 65.2 Å². The minimum atomic E-state index is 0.438. The van der Waals surface area contributed by atoms with Crippen LogP contribution in [0.5, 0.6) is 5.75 Å². The number of aliphatic imine (C=N–C) groups is 1. The van der Waals surface area contributed by atoms with Gasteiger partial charge in [0.25, 0.3) is 0 Å². The third-order valence-electron chi connectivity index (χ3n) is 4.92. The average molecular weight is 382 g/mol. The minimum absolute atomic E-state index is 0.438. The van der Waals surface area contributed by atoms with Crippen LogP contribution in [0.3, 0.4) is 0 Å². The van der Waals surface area contributed by atoms with E-state index in [1.165, 1.54) is 11.1 Å². The molecule has 1 fully saturated rings. The number of nitrogens with one attached hydrogen (secondary N) is 2. The van der Waals surface area contributed by atoms with Gasteiger partial charge >= 0.3 is 0 Å². The summed E-state index contributed by atoms with van der Waals surface area (Å²) in [6.07, 6.45) is 1.14. The number of ether oxygens (including phenoxy) is 2. The van der Waals surface area contributed by atoms with Gasteiger partial charge in [0, 0.05) is 37.7 Å². The fourth-order valence-corrected chi connectivity index (χ4v) is 3.27. The molecule has 0 aromatic heterocycles. The van der Waals surface area contributed by atoms with E-state index in [-0.39, 0.29) is 0 Å². The molecule has 0 aliphatic heterocycles. The Bertz CT molecular complexity index is 777. The standard InChI is InChI=1S/C23H31N3O2/c1-4-27-12-13-28-22-14-17(2)10-11-19(22)16-25-23(24-3)26-21-15-20(21)18-8-6-5-7-9-18/h5-11,14,20-21H,4,12-13,15-16H2,1-3H3,(H2,24,25,26). The first kappa shape index (κ1) is 20.2. The van der Waals surface area contributed by atoms with E-state index in [0.29, 0.717) is 38.3 Å². The maximum absolute atomic E-state index is 5.93. The summed E-state index contributed by atoms with van der Waals surface area (Å²) in [5.74, 6) is 2.29. The van der Waals surface area contributed by atoms with Crippen LogP contribution in [0.25, 0.3) is 0 Å².